The van der Waals surface area contributed by atoms with Crippen LogP contribution in [-0.4, -0.2) is 18.4 Å². The number of ether oxygens (including phenoxy) is 2. The number of amidine groups is 1. The third kappa shape index (κ3) is 5.34. The molecule has 6 nitrogen and oxygen atoms in total. The summed E-state index contributed by atoms with van der Waals surface area (Å²) in [6.07, 6.45) is 0. The van der Waals surface area contributed by atoms with Crippen LogP contribution in [0.5, 0.6) is 11.5 Å². The summed E-state index contributed by atoms with van der Waals surface area (Å²) in [5, 5.41) is 5.57. The number of benzene rings is 2. The molecule has 2 N–H and O–H groups in total. The van der Waals surface area contributed by atoms with Crippen molar-refractivity contribution in [3.8, 4) is 11.5 Å². The summed E-state index contributed by atoms with van der Waals surface area (Å²) in [5.74, 6) is 1.09. The van der Waals surface area contributed by atoms with Crippen molar-refractivity contribution in [1.82, 2.24) is 0 Å². The largest absolute Gasteiger partial charge is 0.494 e. The van der Waals surface area contributed by atoms with Crippen molar-refractivity contribution in [1.29, 1.82) is 0 Å². The Hall–Kier alpha value is -3.32. The summed E-state index contributed by atoms with van der Waals surface area (Å²) in [6.45, 7) is 2.87. The van der Waals surface area contributed by atoms with Gasteiger partial charge in [0, 0.05) is 0 Å². The molecule has 0 bridgehead atoms. The smallest absolute Gasteiger partial charge is 0.365 e. The Morgan fingerprint density at radius 3 is 2.46 bits per heavy atom. The van der Waals surface area contributed by atoms with Crippen LogP contribution < -0.4 is 15.2 Å². The predicted octanol–water partition coefficient (Wildman–Crippen LogP) is 4.20. The summed E-state index contributed by atoms with van der Waals surface area (Å²) in [7, 11) is 0. The lowest BCUT2D eigenvalue weighted by Gasteiger charge is -2.08. The standard InChI is InChI=1S/C21H20N2O4S/c1-2-25-17-8-10-18(11-9-17)26-14-15-5-3-6-16(13-15)21(24)27-23-20(22)19-7-4-12-28-19/h3-13H,2,14H2,1H3,(H2,22,23). The van der Waals surface area contributed by atoms with Crippen LogP contribution in [0.1, 0.15) is 27.7 Å². The molecule has 0 spiro atoms. The molecule has 0 aliphatic rings. The average molecular weight is 396 g/mol. The Morgan fingerprint density at radius 1 is 1.04 bits per heavy atom. The zero-order valence-electron chi connectivity index (χ0n) is 15.3. The first-order chi connectivity index (χ1) is 13.7. The number of hydrogen-bond acceptors (Lipinski definition) is 6. The molecule has 7 heteroatoms. The quantitative estimate of drug-likeness (QED) is 0.267. The van der Waals surface area contributed by atoms with Crippen molar-refractivity contribution in [2.75, 3.05) is 6.61 Å². The monoisotopic (exact) mass is 396 g/mol. The van der Waals surface area contributed by atoms with Crippen LogP contribution >= 0.6 is 11.3 Å². The molecule has 3 aromatic rings. The third-order valence-corrected chi connectivity index (χ3v) is 4.60. The Balaban J connectivity index is 1.58. The first-order valence-corrected chi connectivity index (χ1v) is 9.57. The summed E-state index contributed by atoms with van der Waals surface area (Å²) in [4.78, 5) is 17.9. The molecule has 0 radical (unpaired) electrons. The van der Waals surface area contributed by atoms with Crippen LogP contribution in [0.4, 0.5) is 0 Å². The highest BCUT2D eigenvalue weighted by Gasteiger charge is 2.09. The number of rotatable bonds is 8. The van der Waals surface area contributed by atoms with Crippen LogP contribution in [0.2, 0.25) is 0 Å². The summed E-state index contributed by atoms with van der Waals surface area (Å²) < 4.78 is 11.2. The van der Waals surface area contributed by atoms with Gasteiger partial charge in [0.05, 0.1) is 17.0 Å². The molecular weight excluding hydrogens is 376 g/mol. The summed E-state index contributed by atoms with van der Waals surface area (Å²) >= 11 is 1.42. The van der Waals surface area contributed by atoms with Gasteiger partial charge in [-0.05, 0) is 60.3 Å². The van der Waals surface area contributed by atoms with Gasteiger partial charge in [-0.15, -0.1) is 11.3 Å². The van der Waals surface area contributed by atoms with E-state index in [0.29, 0.717) is 24.5 Å². The highest BCUT2D eigenvalue weighted by molar-refractivity contribution is 7.12. The lowest BCUT2D eigenvalue weighted by atomic mass is 10.1. The van der Waals surface area contributed by atoms with E-state index in [1.54, 1.807) is 24.3 Å². The highest BCUT2D eigenvalue weighted by Crippen LogP contribution is 2.19. The first-order valence-electron chi connectivity index (χ1n) is 8.69. The number of thiophene rings is 1. The molecule has 144 valence electrons. The molecule has 0 fully saturated rings. The number of carbonyl (C=O) groups is 1. The molecule has 0 unspecified atom stereocenters. The van der Waals surface area contributed by atoms with Crippen LogP contribution in [0.3, 0.4) is 0 Å². The predicted molar refractivity (Wildman–Crippen MR) is 109 cm³/mol. The van der Waals surface area contributed by atoms with Crippen LogP contribution in [0.25, 0.3) is 0 Å². The average Bonchev–Trinajstić information content (AvgIpc) is 3.27. The van der Waals surface area contributed by atoms with Gasteiger partial charge in [-0.3, -0.25) is 0 Å². The number of hydrogen-bond donors (Lipinski definition) is 1. The van der Waals surface area contributed by atoms with E-state index >= 15 is 0 Å². The molecule has 0 atom stereocenters. The van der Waals surface area contributed by atoms with E-state index in [1.807, 2.05) is 48.7 Å². The van der Waals surface area contributed by atoms with Gasteiger partial charge in [0.2, 0.25) is 0 Å². The van der Waals surface area contributed by atoms with Gasteiger partial charge in [-0.25, -0.2) is 4.79 Å². The minimum Gasteiger partial charge on any atom is -0.494 e. The van der Waals surface area contributed by atoms with Gasteiger partial charge >= 0.3 is 5.97 Å². The third-order valence-electron chi connectivity index (χ3n) is 3.70. The molecule has 0 saturated heterocycles. The number of oxime groups is 1. The van der Waals surface area contributed by atoms with Gasteiger partial charge in [-0.2, -0.15) is 0 Å². The molecule has 0 saturated carbocycles. The van der Waals surface area contributed by atoms with E-state index in [9.17, 15) is 4.79 Å². The van der Waals surface area contributed by atoms with Crippen molar-refractivity contribution >= 4 is 23.1 Å². The molecule has 1 aromatic heterocycles. The van der Waals surface area contributed by atoms with Crippen molar-refractivity contribution in [2.24, 2.45) is 10.9 Å². The van der Waals surface area contributed by atoms with E-state index in [0.717, 1.165) is 16.2 Å². The first kappa shape index (κ1) is 19.4. The lowest BCUT2D eigenvalue weighted by Crippen LogP contribution is -2.13. The van der Waals surface area contributed by atoms with E-state index in [2.05, 4.69) is 5.16 Å². The van der Waals surface area contributed by atoms with Crippen LogP contribution in [0.15, 0.2) is 71.2 Å². The normalized spacial score (nSPS) is 11.1. The Bertz CT molecular complexity index is 937. The van der Waals surface area contributed by atoms with Gasteiger partial charge in [-0.1, -0.05) is 23.4 Å². The van der Waals surface area contributed by atoms with Crippen molar-refractivity contribution in [3.05, 3.63) is 82.0 Å². The number of nitrogens with zero attached hydrogens (tertiary/aromatic N) is 1. The van der Waals surface area contributed by atoms with Crippen molar-refractivity contribution in [3.63, 3.8) is 0 Å². The minimum atomic E-state index is -0.581. The molecular formula is C21H20N2O4S. The van der Waals surface area contributed by atoms with Gasteiger partial charge in [0.15, 0.2) is 5.84 Å². The van der Waals surface area contributed by atoms with E-state index < -0.39 is 5.97 Å². The SMILES string of the molecule is CCOc1ccc(OCc2cccc(C(=O)O/N=C(\N)c3cccs3)c2)cc1. The fraction of sp³-hybridized carbons (Fsp3) is 0.143. The maximum absolute atomic E-state index is 12.2. The minimum absolute atomic E-state index is 0.165. The molecule has 0 aliphatic carbocycles. The molecule has 28 heavy (non-hydrogen) atoms. The zero-order chi connectivity index (χ0) is 19.8. The highest BCUT2D eigenvalue weighted by atomic mass is 32.1. The second kappa shape index (κ2) is 9.57. The Kier molecular flexibility index (Phi) is 6.64. The second-order valence-corrected chi connectivity index (χ2v) is 6.67. The molecule has 0 aliphatic heterocycles. The van der Waals surface area contributed by atoms with Crippen molar-refractivity contribution in [2.45, 2.75) is 13.5 Å². The number of carbonyl (C=O) groups excluding carboxylic acids is 1. The lowest BCUT2D eigenvalue weighted by molar-refractivity contribution is 0.0516. The molecule has 3 rings (SSSR count). The zero-order valence-corrected chi connectivity index (χ0v) is 16.1. The maximum atomic E-state index is 12.2. The molecule has 1 heterocycles. The fourth-order valence-electron chi connectivity index (χ4n) is 2.37. The number of nitrogens with two attached hydrogens (primary N) is 1. The van der Waals surface area contributed by atoms with Crippen LogP contribution in [0, 0.1) is 0 Å². The molecule has 2 aromatic carbocycles. The van der Waals surface area contributed by atoms with Gasteiger partial charge in [0.1, 0.15) is 18.1 Å². The Morgan fingerprint density at radius 2 is 1.79 bits per heavy atom. The van der Waals surface area contributed by atoms with E-state index in [4.69, 9.17) is 20.0 Å². The van der Waals surface area contributed by atoms with Crippen molar-refractivity contribution < 1.29 is 19.1 Å². The van der Waals surface area contributed by atoms with E-state index in [-0.39, 0.29) is 5.84 Å². The maximum Gasteiger partial charge on any atom is 0.365 e. The summed E-state index contributed by atoms with van der Waals surface area (Å²) in [5.41, 5.74) is 6.99. The Labute approximate surface area is 167 Å². The fourth-order valence-corrected chi connectivity index (χ4v) is 2.99. The van der Waals surface area contributed by atoms with Gasteiger partial charge in [0.25, 0.3) is 0 Å². The second-order valence-electron chi connectivity index (χ2n) is 5.73. The van der Waals surface area contributed by atoms with Crippen LogP contribution in [-0.2, 0) is 11.4 Å². The van der Waals surface area contributed by atoms with Gasteiger partial charge < -0.3 is 20.0 Å². The topological polar surface area (TPSA) is 83.1 Å². The van der Waals surface area contributed by atoms with E-state index in [1.165, 1.54) is 11.3 Å². The molecule has 0 amide bonds. The summed E-state index contributed by atoms with van der Waals surface area (Å²) in [6, 6.07) is 18.0.